The van der Waals surface area contributed by atoms with Crippen LogP contribution >= 0.6 is 0 Å². The van der Waals surface area contributed by atoms with E-state index in [2.05, 4.69) is 5.32 Å². The van der Waals surface area contributed by atoms with Gasteiger partial charge in [-0.15, -0.1) is 0 Å². The van der Waals surface area contributed by atoms with E-state index in [1.54, 1.807) is 31.1 Å². The molecule has 1 unspecified atom stereocenters. The van der Waals surface area contributed by atoms with Crippen molar-refractivity contribution in [3.05, 3.63) is 60.2 Å². The van der Waals surface area contributed by atoms with Crippen LogP contribution in [0.1, 0.15) is 44.6 Å². The lowest BCUT2D eigenvalue weighted by Gasteiger charge is -2.31. The molecule has 0 radical (unpaired) electrons. The number of amides is 2. The van der Waals surface area contributed by atoms with Crippen LogP contribution in [0, 0.1) is 0 Å². The van der Waals surface area contributed by atoms with Crippen LogP contribution < -0.4 is 14.8 Å². The Kier molecular flexibility index (Phi) is 8.33. The van der Waals surface area contributed by atoms with Gasteiger partial charge in [-0.25, -0.2) is 0 Å². The smallest absolute Gasteiger partial charge is 0.261 e. The van der Waals surface area contributed by atoms with E-state index in [1.807, 2.05) is 42.5 Å². The molecule has 0 aliphatic heterocycles. The molecular formula is C25H32N2O4. The predicted molar refractivity (Wildman–Crippen MR) is 120 cm³/mol. The van der Waals surface area contributed by atoms with E-state index in [1.165, 1.54) is 6.42 Å². The first-order valence-corrected chi connectivity index (χ1v) is 11.0. The van der Waals surface area contributed by atoms with Crippen LogP contribution in [0.3, 0.4) is 0 Å². The Hall–Kier alpha value is -3.02. The largest absolute Gasteiger partial charge is 0.497 e. The number of rotatable bonds is 9. The van der Waals surface area contributed by atoms with Gasteiger partial charge in [-0.05, 0) is 49.6 Å². The maximum atomic E-state index is 13.1. The molecule has 31 heavy (non-hydrogen) atoms. The number of methoxy groups -OCH3 is 1. The topological polar surface area (TPSA) is 67.9 Å². The van der Waals surface area contributed by atoms with Crippen molar-refractivity contribution in [1.29, 1.82) is 0 Å². The summed E-state index contributed by atoms with van der Waals surface area (Å²) in [5.74, 6) is 0.974. The molecule has 2 aromatic carbocycles. The molecule has 0 spiro atoms. The molecule has 1 saturated carbocycles. The lowest BCUT2D eigenvalue weighted by atomic mass is 9.95. The molecule has 1 N–H and O–H groups in total. The molecule has 6 nitrogen and oxygen atoms in total. The van der Waals surface area contributed by atoms with Gasteiger partial charge in [0.25, 0.3) is 5.91 Å². The van der Waals surface area contributed by atoms with E-state index in [0.29, 0.717) is 18.0 Å². The molecule has 1 fully saturated rings. The number of nitrogens with zero attached hydrogens (tertiary/aromatic N) is 1. The van der Waals surface area contributed by atoms with Gasteiger partial charge in [-0.1, -0.05) is 49.6 Å². The standard InChI is InChI=1S/C25H32N2O4/c1-19(25(29)26-21-11-5-3-6-12-21)27(17-20-10-9-15-23(16-20)30-2)24(28)18-31-22-13-7-4-8-14-22/h4,7-10,13-16,19,21H,3,5-6,11-12,17-18H2,1-2H3,(H,26,29). The SMILES string of the molecule is COc1cccc(CN(C(=O)COc2ccccc2)C(C)C(=O)NC2CCCCC2)c1. The Morgan fingerprint density at radius 1 is 1.03 bits per heavy atom. The Morgan fingerprint density at radius 3 is 2.45 bits per heavy atom. The van der Waals surface area contributed by atoms with Crippen LogP contribution in [0.2, 0.25) is 0 Å². The highest BCUT2D eigenvalue weighted by molar-refractivity contribution is 5.88. The second-order valence-corrected chi connectivity index (χ2v) is 7.99. The Labute approximate surface area is 184 Å². The number of benzene rings is 2. The summed E-state index contributed by atoms with van der Waals surface area (Å²) in [7, 11) is 1.61. The fraction of sp³-hybridized carbons (Fsp3) is 0.440. The van der Waals surface area contributed by atoms with Crippen LogP contribution in [0.15, 0.2) is 54.6 Å². The van der Waals surface area contributed by atoms with Gasteiger partial charge in [-0.2, -0.15) is 0 Å². The molecule has 2 amide bonds. The number of hydrogen-bond donors (Lipinski definition) is 1. The highest BCUT2D eigenvalue weighted by Gasteiger charge is 2.28. The Morgan fingerprint density at radius 2 is 1.74 bits per heavy atom. The van der Waals surface area contributed by atoms with Gasteiger partial charge in [-0.3, -0.25) is 9.59 Å². The number of carbonyl (C=O) groups is 2. The van der Waals surface area contributed by atoms with Crippen molar-refractivity contribution in [3.63, 3.8) is 0 Å². The van der Waals surface area contributed by atoms with Gasteiger partial charge in [0, 0.05) is 12.6 Å². The molecule has 0 saturated heterocycles. The van der Waals surface area contributed by atoms with E-state index in [9.17, 15) is 9.59 Å². The van der Waals surface area contributed by atoms with E-state index >= 15 is 0 Å². The monoisotopic (exact) mass is 424 g/mol. The molecule has 1 atom stereocenters. The van der Waals surface area contributed by atoms with E-state index < -0.39 is 6.04 Å². The number of nitrogens with one attached hydrogen (secondary N) is 1. The minimum atomic E-state index is -0.611. The van der Waals surface area contributed by atoms with Crippen LogP contribution in [-0.4, -0.2) is 42.5 Å². The van der Waals surface area contributed by atoms with Crippen molar-refractivity contribution >= 4 is 11.8 Å². The lowest BCUT2D eigenvalue weighted by Crippen LogP contribution is -2.51. The predicted octanol–water partition coefficient (Wildman–Crippen LogP) is 3.94. The first-order valence-electron chi connectivity index (χ1n) is 11.0. The third-order valence-electron chi connectivity index (χ3n) is 5.71. The molecule has 1 aliphatic carbocycles. The molecule has 166 valence electrons. The highest BCUT2D eigenvalue weighted by atomic mass is 16.5. The second-order valence-electron chi connectivity index (χ2n) is 7.99. The van der Waals surface area contributed by atoms with Gasteiger partial charge < -0.3 is 19.7 Å². The van der Waals surface area contributed by atoms with Crippen molar-refractivity contribution in [1.82, 2.24) is 10.2 Å². The first kappa shape index (κ1) is 22.7. The number of carbonyl (C=O) groups excluding carboxylic acids is 2. The zero-order valence-electron chi connectivity index (χ0n) is 18.4. The van der Waals surface area contributed by atoms with E-state index in [4.69, 9.17) is 9.47 Å². The highest BCUT2D eigenvalue weighted by Crippen LogP contribution is 2.19. The van der Waals surface area contributed by atoms with Gasteiger partial charge in [0.2, 0.25) is 5.91 Å². The summed E-state index contributed by atoms with van der Waals surface area (Å²) in [5.41, 5.74) is 0.893. The molecule has 0 heterocycles. The summed E-state index contributed by atoms with van der Waals surface area (Å²) in [4.78, 5) is 27.7. The maximum absolute atomic E-state index is 13.1. The fourth-order valence-electron chi connectivity index (χ4n) is 3.86. The molecule has 0 aromatic heterocycles. The van der Waals surface area contributed by atoms with Gasteiger partial charge in [0.15, 0.2) is 6.61 Å². The van der Waals surface area contributed by atoms with Crippen molar-refractivity contribution < 1.29 is 19.1 Å². The zero-order valence-corrected chi connectivity index (χ0v) is 18.4. The third-order valence-corrected chi connectivity index (χ3v) is 5.71. The number of ether oxygens (including phenoxy) is 2. The summed E-state index contributed by atoms with van der Waals surface area (Å²) in [6.07, 6.45) is 5.49. The summed E-state index contributed by atoms with van der Waals surface area (Å²) in [6, 6.07) is 16.3. The van der Waals surface area contributed by atoms with E-state index in [-0.39, 0.29) is 24.5 Å². The van der Waals surface area contributed by atoms with Gasteiger partial charge >= 0.3 is 0 Å². The lowest BCUT2D eigenvalue weighted by molar-refractivity contribution is -0.142. The summed E-state index contributed by atoms with van der Waals surface area (Å²) >= 11 is 0. The minimum absolute atomic E-state index is 0.122. The molecule has 1 aliphatic rings. The summed E-state index contributed by atoms with van der Waals surface area (Å²) < 4.78 is 11.0. The summed E-state index contributed by atoms with van der Waals surface area (Å²) in [6.45, 7) is 1.95. The van der Waals surface area contributed by atoms with Crippen LogP contribution in [0.5, 0.6) is 11.5 Å². The average Bonchev–Trinajstić information content (AvgIpc) is 2.82. The Bertz CT molecular complexity index is 850. The van der Waals surface area contributed by atoms with E-state index in [0.717, 1.165) is 31.2 Å². The Balaban J connectivity index is 1.71. The number of para-hydroxylation sites is 1. The third kappa shape index (κ3) is 6.74. The average molecular weight is 425 g/mol. The molecule has 0 bridgehead atoms. The van der Waals surface area contributed by atoms with Crippen LogP contribution in [0.4, 0.5) is 0 Å². The molecule has 3 rings (SSSR count). The summed E-state index contributed by atoms with van der Waals surface area (Å²) in [5, 5.41) is 3.14. The maximum Gasteiger partial charge on any atom is 0.261 e. The van der Waals surface area contributed by atoms with Crippen molar-refractivity contribution in [2.24, 2.45) is 0 Å². The van der Waals surface area contributed by atoms with Gasteiger partial charge in [0.1, 0.15) is 17.5 Å². The van der Waals surface area contributed by atoms with Crippen LogP contribution in [0.25, 0.3) is 0 Å². The van der Waals surface area contributed by atoms with Crippen molar-refractivity contribution in [2.75, 3.05) is 13.7 Å². The normalized spacial score (nSPS) is 15.0. The fourth-order valence-corrected chi connectivity index (χ4v) is 3.86. The molecule has 2 aromatic rings. The number of hydrogen-bond acceptors (Lipinski definition) is 4. The minimum Gasteiger partial charge on any atom is -0.497 e. The first-order chi connectivity index (χ1) is 15.1. The molecular weight excluding hydrogens is 392 g/mol. The zero-order chi connectivity index (χ0) is 22.1. The van der Waals surface area contributed by atoms with Crippen molar-refractivity contribution in [2.45, 2.75) is 57.7 Å². The van der Waals surface area contributed by atoms with Crippen molar-refractivity contribution in [3.8, 4) is 11.5 Å². The second kappa shape index (κ2) is 11.4. The van der Waals surface area contributed by atoms with Crippen LogP contribution in [-0.2, 0) is 16.1 Å². The van der Waals surface area contributed by atoms with Gasteiger partial charge in [0.05, 0.1) is 7.11 Å². The quantitative estimate of drug-likeness (QED) is 0.662. The molecule has 6 heteroatoms.